The molecule has 10 heteroatoms. The van der Waals surface area contributed by atoms with E-state index in [0.29, 0.717) is 20.9 Å². The van der Waals surface area contributed by atoms with E-state index < -0.39 is 10.0 Å². The van der Waals surface area contributed by atoms with Gasteiger partial charge in [0.1, 0.15) is 5.75 Å². The number of aromatic hydroxyl groups is 1. The number of thiazole rings is 1. The first-order valence-corrected chi connectivity index (χ1v) is 11.0. The number of phenolic OH excluding ortho intramolecular Hbond substituents is 1. The van der Waals surface area contributed by atoms with Gasteiger partial charge in [-0.05, 0) is 52.3 Å². The summed E-state index contributed by atoms with van der Waals surface area (Å²) in [6, 6.07) is 9.52. The Kier molecular flexibility index (Phi) is 5.76. The van der Waals surface area contributed by atoms with E-state index in [1.807, 2.05) is 0 Å². The highest BCUT2D eigenvalue weighted by Gasteiger charge is 2.15. The Morgan fingerprint density at radius 3 is 2.58 bits per heavy atom. The lowest BCUT2D eigenvalue weighted by molar-refractivity contribution is 0.471. The number of aliphatic imine (C=N–C) groups is 1. The Hall–Kier alpha value is -1.75. The van der Waals surface area contributed by atoms with Gasteiger partial charge in [0.15, 0.2) is 5.13 Å². The Bertz CT molecular complexity index is 1050. The molecule has 0 aliphatic rings. The molecule has 3 rings (SSSR count). The zero-order chi connectivity index (χ0) is 18.7. The van der Waals surface area contributed by atoms with Gasteiger partial charge in [-0.1, -0.05) is 15.9 Å². The molecule has 2 N–H and O–H groups in total. The molecular formula is C16H11Br2N3O3S2. The van der Waals surface area contributed by atoms with E-state index >= 15 is 0 Å². The summed E-state index contributed by atoms with van der Waals surface area (Å²) in [7, 11) is -3.69. The second kappa shape index (κ2) is 7.87. The number of anilines is 1. The Balaban J connectivity index is 1.80. The van der Waals surface area contributed by atoms with E-state index in [9.17, 15) is 13.5 Å². The van der Waals surface area contributed by atoms with Gasteiger partial charge in [0.2, 0.25) is 0 Å². The maximum absolute atomic E-state index is 12.3. The van der Waals surface area contributed by atoms with E-state index in [-0.39, 0.29) is 10.6 Å². The lowest BCUT2D eigenvalue weighted by Gasteiger charge is -2.05. The molecule has 0 unspecified atom stereocenters. The van der Waals surface area contributed by atoms with Gasteiger partial charge in [-0.3, -0.25) is 9.71 Å². The van der Waals surface area contributed by atoms with Gasteiger partial charge in [0.05, 0.1) is 15.1 Å². The maximum Gasteiger partial charge on any atom is 0.263 e. The molecule has 0 atom stereocenters. The van der Waals surface area contributed by atoms with Crippen LogP contribution >= 0.6 is 43.2 Å². The first kappa shape index (κ1) is 19.0. The van der Waals surface area contributed by atoms with E-state index in [2.05, 4.69) is 46.6 Å². The molecule has 0 bridgehead atoms. The second-order valence-corrected chi connectivity index (χ2v) is 9.37. The van der Waals surface area contributed by atoms with Crippen molar-refractivity contribution in [2.75, 3.05) is 4.72 Å². The minimum Gasteiger partial charge on any atom is -0.506 e. The number of phenols is 1. The number of rotatable bonds is 5. The summed E-state index contributed by atoms with van der Waals surface area (Å²) in [5, 5.41) is 12.0. The number of hydrogen-bond acceptors (Lipinski definition) is 6. The van der Waals surface area contributed by atoms with E-state index in [4.69, 9.17) is 0 Å². The number of aromatic nitrogens is 1. The second-order valence-electron chi connectivity index (χ2n) is 5.02. The van der Waals surface area contributed by atoms with Crippen LogP contribution in [0, 0.1) is 0 Å². The van der Waals surface area contributed by atoms with Gasteiger partial charge in [-0.15, -0.1) is 11.3 Å². The number of halogens is 2. The van der Waals surface area contributed by atoms with Crippen LogP contribution in [0.5, 0.6) is 5.75 Å². The zero-order valence-electron chi connectivity index (χ0n) is 12.9. The largest absolute Gasteiger partial charge is 0.506 e. The molecule has 0 saturated carbocycles. The molecule has 0 fully saturated rings. The third-order valence-electron chi connectivity index (χ3n) is 3.21. The molecule has 0 spiro atoms. The highest BCUT2D eigenvalue weighted by Crippen LogP contribution is 2.31. The van der Waals surface area contributed by atoms with E-state index in [1.54, 1.807) is 29.6 Å². The molecule has 0 amide bonds. The fraction of sp³-hybridized carbons (Fsp3) is 0. The van der Waals surface area contributed by atoms with Crippen LogP contribution in [-0.4, -0.2) is 24.7 Å². The van der Waals surface area contributed by atoms with Crippen molar-refractivity contribution < 1.29 is 13.5 Å². The minimum absolute atomic E-state index is 0.0730. The Labute approximate surface area is 171 Å². The molecular weight excluding hydrogens is 506 g/mol. The van der Waals surface area contributed by atoms with Crippen molar-refractivity contribution >= 4 is 70.3 Å². The molecule has 3 aromatic rings. The van der Waals surface area contributed by atoms with Crippen LogP contribution in [0.3, 0.4) is 0 Å². The summed E-state index contributed by atoms with van der Waals surface area (Å²) in [6.07, 6.45) is 3.03. The van der Waals surface area contributed by atoms with E-state index in [0.717, 1.165) is 4.47 Å². The quantitative estimate of drug-likeness (QED) is 0.470. The standard InChI is InChI=1S/C16H11Br2N3O3S2/c17-11-7-10(15(22)14(18)8-11)9-20-12-1-3-13(4-2-12)26(23,24)21-16-19-5-6-25-16/h1-9,22H,(H,19,21). The first-order valence-electron chi connectivity index (χ1n) is 7.09. The predicted molar refractivity (Wildman–Crippen MR) is 110 cm³/mol. The maximum atomic E-state index is 12.3. The van der Waals surface area contributed by atoms with Crippen molar-refractivity contribution in [2.24, 2.45) is 4.99 Å². The average Bonchev–Trinajstić information content (AvgIpc) is 3.09. The van der Waals surface area contributed by atoms with Crippen LogP contribution in [0.4, 0.5) is 10.8 Å². The SMILES string of the molecule is O=S(=O)(Nc1nccs1)c1ccc(N=Cc2cc(Br)cc(Br)c2O)cc1. The molecule has 1 heterocycles. The van der Waals surface area contributed by atoms with Gasteiger partial charge < -0.3 is 5.11 Å². The summed E-state index contributed by atoms with van der Waals surface area (Å²) < 4.78 is 28.3. The number of nitrogens with one attached hydrogen (secondary N) is 1. The molecule has 0 aliphatic heterocycles. The highest BCUT2D eigenvalue weighted by atomic mass is 79.9. The molecule has 26 heavy (non-hydrogen) atoms. The third kappa shape index (κ3) is 4.50. The normalized spacial score (nSPS) is 11.8. The van der Waals surface area contributed by atoms with Crippen LogP contribution in [0.2, 0.25) is 0 Å². The van der Waals surface area contributed by atoms with Crippen LogP contribution in [0.25, 0.3) is 0 Å². The Morgan fingerprint density at radius 1 is 1.19 bits per heavy atom. The predicted octanol–water partition coefficient (Wildman–Crippen LogP) is 4.93. The lowest BCUT2D eigenvalue weighted by Crippen LogP contribution is -2.12. The third-order valence-corrected chi connectivity index (χ3v) is 6.45. The summed E-state index contributed by atoms with van der Waals surface area (Å²) in [5.74, 6) is 0.0730. The van der Waals surface area contributed by atoms with Crippen LogP contribution in [0.1, 0.15) is 5.56 Å². The molecule has 2 aromatic carbocycles. The van der Waals surface area contributed by atoms with Gasteiger partial charge in [0, 0.05) is 27.8 Å². The van der Waals surface area contributed by atoms with Gasteiger partial charge >= 0.3 is 0 Å². The molecule has 0 aliphatic carbocycles. The van der Waals surface area contributed by atoms with Crippen molar-refractivity contribution in [3.8, 4) is 5.75 Å². The molecule has 0 saturated heterocycles. The van der Waals surface area contributed by atoms with Crippen LogP contribution < -0.4 is 4.72 Å². The fourth-order valence-electron chi connectivity index (χ4n) is 1.99. The number of sulfonamides is 1. The fourth-order valence-corrected chi connectivity index (χ4v) is 5.03. The van der Waals surface area contributed by atoms with Crippen LogP contribution in [0.15, 0.2) is 66.8 Å². The number of nitrogens with zero attached hydrogens (tertiary/aromatic N) is 2. The van der Waals surface area contributed by atoms with Crippen molar-refractivity contribution in [1.82, 2.24) is 4.98 Å². The van der Waals surface area contributed by atoms with Crippen molar-refractivity contribution in [1.29, 1.82) is 0 Å². The van der Waals surface area contributed by atoms with Gasteiger partial charge in [0.25, 0.3) is 10.0 Å². The summed E-state index contributed by atoms with van der Waals surface area (Å²) >= 11 is 7.81. The van der Waals surface area contributed by atoms with Crippen molar-refractivity contribution in [2.45, 2.75) is 4.90 Å². The average molecular weight is 517 g/mol. The lowest BCUT2D eigenvalue weighted by atomic mass is 10.2. The number of hydrogen-bond donors (Lipinski definition) is 2. The molecule has 1 aromatic heterocycles. The van der Waals surface area contributed by atoms with Crippen molar-refractivity contribution in [3.63, 3.8) is 0 Å². The highest BCUT2D eigenvalue weighted by molar-refractivity contribution is 9.11. The summed E-state index contributed by atoms with van der Waals surface area (Å²) in [5.41, 5.74) is 1.07. The Morgan fingerprint density at radius 2 is 1.92 bits per heavy atom. The monoisotopic (exact) mass is 515 g/mol. The molecule has 134 valence electrons. The molecule has 6 nitrogen and oxygen atoms in total. The van der Waals surface area contributed by atoms with Gasteiger partial charge in [-0.25, -0.2) is 13.4 Å². The van der Waals surface area contributed by atoms with Crippen LogP contribution in [-0.2, 0) is 10.0 Å². The minimum atomic E-state index is -3.69. The summed E-state index contributed by atoms with van der Waals surface area (Å²) in [6.45, 7) is 0. The van der Waals surface area contributed by atoms with Gasteiger partial charge in [-0.2, -0.15) is 0 Å². The molecule has 0 radical (unpaired) electrons. The van der Waals surface area contributed by atoms with E-state index in [1.165, 1.54) is 35.9 Å². The zero-order valence-corrected chi connectivity index (χ0v) is 17.7. The number of benzene rings is 2. The first-order chi connectivity index (χ1) is 12.3. The van der Waals surface area contributed by atoms with Crippen molar-refractivity contribution in [3.05, 3.63) is 62.5 Å². The summed E-state index contributed by atoms with van der Waals surface area (Å²) in [4.78, 5) is 8.28. The smallest absolute Gasteiger partial charge is 0.263 e. The topological polar surface area (TPSA) is 91.7 Å².